The summed E-state index contributed by atoms with van der Waals surface area (Å²) in [6.07, 6.45) is 3.03. The summed E-state index contributed by atoms with van der Waals surface area (Å²) >= 11 is 0. The maximum absolute atomic E-state index is 5.61. The molecule has 0 aromatic carbocycles. The van der Waals surface area contributed by atoms with Crippen LogP contribution in [-0.4, -0.2) is 24.5 Å². The zero-order valence-corrected chi connectivity index (χ0v) is 12.5. The highest BCUT2D eigenvalue weighted by molar-refractivity contribution is 5.12. The van der Waals surface area contributed by atoms with E-state index in [1.54, 1.807) is 0 Å². The molecule has 0 saturated carbocycles. The summed E-state index contributed by atoms with van der Waals surface area (Å²) in [5.41, 5.74) is 1.24. The van der Waals surface area contributed by atoms with Gasteiger partial charge in [-0.05, 0) is 38.9 Å². The van der Waals surface area contributed by atoms with Crippen molar-refractivity contribution in [3.63, 3.8) is 0 Å². The van der Waals surface area contributed by atoms with Gasteiger partial charge >= 0.3 is 0 Å². The fourth-order valence-corrected chi connectivity index (χ4v) is 1.91. The first-order valence-electron chi connectivity index (χ1n) is 7.01. The Morgan fingerprint density at radius 3 is 2.67 bits per heavy atom. The third-order valence-electron chi connectivity index (χ3n) is 3.53. The van der Waals surface area contributed by atoms with Gasteiger partial charge in [0.2, 0.25) is 0 Å². The SMILES string of the molecule is CCCNCc1coc(CN(C)C(C)C(C)C)c1. The van der Waals surface area contributed by atoms with Gasteiger partial charge in [0.25, 0.3) is 0 Å². The summed E-state index contributed by atoms with van der Waals surface area (Å²) in [4.78, 5) is 2.34. The van der Waals surface area contributed by atoms with E-state index in [1.807, 2.05) is 6.26 Å². The second kappa shape index (κ2) is 7.59. The molecule has 1 atom stereocenters. The lowest BCUT2D eigenvalue weighted by Crippen LogP contribution is -2.32. The first-order valence-corrected chi connectivity index (χ1v) is 7.01. The van der Waals surface area contributed by atoms with Gasteiger partial charge in [0.15, 0.2) is 0 Å². The molecule has 1 N–H and O–H groups in total. The Morgan fingerprint density at radius 1 is 1.33 bits per heavy atom. The number of rotatable bonds is 8. The highest BCUT2D eigenvalue weighted by Gasteiger charge is 2.14. The van der Waals surface area contributed by atoms with Crippen LogP contribution in [0.1, 0.15) is 45.4 Å². The molecular weight excluding hydrogens is 224 g/mol. The molecule has 18 heavy (non-hydrogen) atoms. The molecule has 0 spiro atoms. The van der Waals surface area contributed by atoms with E-state index in [0.717, 1.165) is 25.4 Å². The largest absolute Gasteiger partial charge is 0.468 e. The predicted octanol–water partition coefficient (Wildman–Crippen LogP) is 3.26. The summed E-state index contributed by atoms with van der Waals surface area (Å²) in [6, 6.07) is 2.73. The van der Waals surface area contributed by atoms with E-state index in [4.69, 9.17) is 4.42 Å². The molecule has 0 aliphatic heterocycles. The molecule has 0 aliphatic carbocycles. The van der Waals surface area contributed by atoms with Gasteiger partial charge < -0.3 is 9.73 Å². The zero-order chi connectivity index (χ0) is 13.5. The minimum absolute atomic E-state index is 0.566. The lowest BCUT2D eigenvalue weighted by molar-refractivity contribution is 0.187. The first-order chi connectivity index (χ1) is 8.54. The third kappa shape index (κ3) is 4.83. The van der Waals surface area contributed by atoms with Crippen LogP contribution in [0.4, 0.5) is 0 Å². The van der Waals surface area contributed by atoms with Crippen molar-refractivity contribution in [2.75, 3.05) is 13.6 Å². The van der Waals surface area contributed by atoms with Crippen molar-refractivity contribution in [1.82, 2.24) is 10.2 Å². The Labute approximate surface area is 112 Å². The van der Waals surface area contributed by atoms with E-state index >= 15 is 0 Å². The number of furan rings is 1. The number of nitrogens with one attached hydrogen (secondary N) is 1. The Hall–Kier alpha value is -0.800. The quantitative estimate of drug-likeness (QED) is 0.720. The highest BCUT2D eigenvalue weighted by atomic mass is 16.3. The Morgan fingerprint density at radius 2 is 2.06 bits per heavy atom. The number of hydrogen-bond acceptors (Lipinski definition) is 3. The third-order valence-corrected chi connectivity index (χ3v) is 3.53. The predicted molar refractivity (Wildman–Crippen MR) is 76.5 cm³/mol. The van der Waals surface area contributed by atoms with Crippen LogP contribution >= 0.6 is 0 Å². The van der Waals surface area contributed by atoms with Crippen molar-refractivity contribution >= 4 is 0 Å². The van der Waals surface area contributed by atoms with Crippen LogP contribution in [0, 0.1) is 5.92 Å². The van der Waals surface area contributed by atoms with E-state index in [-0.39, 0.29) is 0 Å². The molecule has 0 saturated heterocycles. The van der Waals surface area contributed by atoms with Gasteiger partial charge in [0.05, 0.1) is 12.8 Å². The van der Waals surface area contributed by atoms with Crippen LogP contribution in [-0.2, 0) is 13.1 Å². The number of nitrogens with zero attached hydrogens (tertiary/aromatic N) is 1. The van der Waals surface area contributed by atoms with Gasteiger partial charge in [0, 0.05) is 18.2 Å². The minimum atomic E-state index is 0.566. The van der Waals surface area contributed by atoms with E-state index in [2.05, 4.69) is 51.0 Å². The van der Waals surface area contributed by atoms with Gasteiger partial charge in [-0.2, -0.15) is 0 Å². The Balaban J connectivity index is 2.43. The second-order valence-electron chi connectivity index (χ2n) is 5.50. The van der Waals surface area contributed by atoms with Crippen molar-refractivity contribution in [3.8, 4) is 0 Å². The van der Waals surface area contributed by atoms with Gasteiger partial charge in [-0.25, -0.2) is 0 Å². The molecule has 3 nitrogen and oxygen atoms in total. The lowest BCUT2D eigenvalue weighted by Gasteiger charge is -2.26. The summed E-state index contributed by atoms with van der Waals surface area (Å²) in [6.45, 7) is 11.8. The molecule has 1 rings (SSSR count). The van der Waals surface area contributed by atoms with Crippen LogP contribution in [0.15, 0.2) is 16.7 Å². The maximum Gasteiger partial charge on any atom is 0.118 e. The molecule has 104 valence electrons. The fraction of sp³-hybridized carbons (Fsp3) is 0.733. The monoisotopic (exact) mass is 252 g/mol. The Bertz CT molecular complexity index is 333. The molecule has 1 aromatic heterocycles. The summed E-state index contributed by atoms with van der Waals surface area (Å²) in [5, 5.41) is 3.39. The van der Waals surface area contributed by atoms with Gasteiger partial charge in [0.1, 0.15) is 5.76 Å². The van der Waals surface area contributed by atoms with Crippen molar-refractivity contribution < 1.29 is 4.42 Å². The maximum atomic E-state index is 5.61. The average molecular weight is 252 g/mol. The van der Waals surface area contributed by atoms with E-state index < -0.39 is 0 Å². The van der Waals surface area contributed by atoms with E-state index in [1.165, 1.54) is 12.0 Å². The van der Waals surface area contributed by atoms with Gasteiger partial charge in [-0.1, -0.05) is 20.8 Å². The van der Waals surface area contributed by atoms with Crippen molar-refractivity contribution in [1.29, 1.82) is 0 Å². The highest BCUT2D eigenvalue weighted by Crippen LogP contribution is 2.14. The normalized spacial score (nSPS) is 13.5. The molecule has 3 heteroatoms. The standard InChI is InChI=1S/C15H28N2O/c1-6-7-16-9-14-8-15(18-11-14)10-17(5)13(4)12(2)3/h8,11-13,16H,6-7,9-10H2,1-5H3. The topological polar surface area (TPSA) is 28.4 Å². The van der Waals surface area contributed by atoms with E-state index in [9.17, 15) is 0 Å². The summed E-state index contributed by atoms with van der Waals surface area (Å²) in [5.74, 6) is 1.72. The summed E-state index contributed by atoms with van der Waals surface area (Å²) < 4.78 is 5.61. The molecule has 0 amide bonds. The molecule has 1 aromatic rings. The van der Waals surface area contributed by atoms with Crippen LogP contribution in [0.25, 0.3) is 0 Å². The molecule has 0 radical (unpaired) electrons. The molecule has 1 heterocycles. The molecule has 0 bridgehead atoms. The van der Waals surface area contributed by atoms with Gasteiger partial charge in [-0.15, -0.1) is 0 Å². The lowest BCUT2D eigenvalue weighted by atomic mass is 10.1. The molecular formula is C15H28N2O. The molecule has 0 fully saturated rings. The Kier molecular flexibility index (Phi) is 6.44. The fourth-order valence-electron chi connectivity index (χ4n) is 1.91. The number of hydrogen-bond donors (Lipinski definition) is 1. The molecule has 0 aliphatic rings. The smallest absolute Gasteiger partial charge is 0.118 e. The van der Waals surface area contributed by atoms with Crippen molar-refractivity contribution in [2.24, 2.45) is 5.92 Å². The average Bonchev–Trinajstić information content (AvgIpc) is 2.76. The van der Waals surface area contributed by atoms with Crippen LogP contribution in [0.3, 0.4) is 0 Å². The first kappa shape index (κ1) is 15.3. The van der Waals surface area contributed by atoms with Crippen LogP contribution < -0.4 is 5.32 Å². The zero-order valence-electron chi connectivity index (χ0n) is 12.5. The van der Waals surface area contributed by atoms with Crippen molar-refractivity contribution in [3.05, 3.63) is 23.7 Å². The van der Waals surface area contributed by atoms with Crippen LogP contribution in [0.2, 0.25) is 0 Å². The summed E-state index contributed by atoms with van der Waals surface area (Å²) in [7, 11) is 2.15. The minimum Gasteiger partial charge on any atom is -0.468 e. The van der Waals surface area contributed by atoms with Crippen molar-refractivity contribution in [2.45, 2.75) is 53.2 Å². The molecule has 1 unspecified atom stereocenters. The van der Waals surface area contributed by atoms with Gasteiger partial charge in [-0.3, -0.25) is 4.90 Å². The second-order valence-corrected chi connectivity index (χ2v) is 5.50. The van der Waals surface area contributed by atoms with E-state index in [0.29, 0.717) is 12.0 Å². The van der Waals surface area contributed by atoms with Crippen LogP contribution in [0.5, 0.6) is 0 Å².